The minimum Gasteiger partial charge on any atom is -0.489 e. The number of ether oxygens (including phenoxy) is 1. The summed E-state index contributed by atoms with van der Waals surface area (Å²) in [7, 11) is 0. The average Bonchev–Trinajstić information content (AvgIpc) is 2.60. The number of carboxylic acid groups (broad SMARTS) is 1. The molecule has 26 heavy (non-hydrogen) atoms. The van der Waals surface area contributed by atoms with Gasteiger partial charge in [-0.05, 0) is 37.3 Å². The summed E-state index contributed by atoms with van der Waals surface area (Å²) in [4.78, 5) is 23.5. The van der Waals surface area contributed by atoms with Gasteiger partial charge < -0.3 is 15.2 Å². The Labute approximate surface area is 161 Å². The van der Waals surface area contributed by atoms with Gasteiger partial charge in [0.15, 0.2) is 0 Å². The second-order valence-corrected chi connectivity index (χ2v) is 6.67. The van der Waals surface area contributed by atoms with Crippen molar-refractivity contribution >= 4 is 35.1 Å². The molecule has 138 valence electrons. The Morgan fingerprint density at radius 1 is 1.12 bits per heavy atom. The van der Waals surface area contributed by atoms with Gasteiger partial charge in [0.25, 0.3) is 5.91 Å². The van der Waals surface area contributed by atoms with Crippen LogP contribution in [0.5, 0.6) is 5.75 Å². The third-order valence-electron chi connectivity index (χ3n) is 3.82. The van der Waals surface area contributed by atoms with Crippen molar-refractivity contribution in [1.82, 2.24) is 5.32 Å². The lowest BCUT2D eigenvalue weighted by Gasteiger charge is -2.23. The lowest BCUT2D eigenvalue weighted by Crippen LogP contribution is -2.35. The first-order valence-corrected chi connectivity index (χ1v) is 8.81. The molecule has 0 aliphatic carbocycles. The van der Waals surface area contributed by atoms with E-state index in [0.29, 0.717) is 27.8 Å². The van der Waals surface area contributed by atoms with Crippen LogP contribution in [-0.4, -0.2) is 29.6 Å². The van der Waals surface area contributed by atoms with Crippen LogP contribution in [0.15, 0.2) is 48.5 Å². The first-order valence-electron chi connectivity index (χ1n) is 8.05. The minimum absolute atomic E-state index is 0.248. The van der Waals surface area contributed by atoms with Gasteiger partial charge in [-0.15, -0.1) is 0 Å². The number of hydrogen-bond acceptors (Lipinski definition) is 3. The van der Waals surface area contributed by atoms with E-state index in [2.05, 4.69) is 5.32 Å². The van der Waals surface area contributed by atoms with Gasteiger partial charge in [0.2, 0.25) is 0 Å². The fraction of sp³-hybridized carbons (Fsp3) is 0.263. The molecule has 0 aromatic heterocycles. The quantitative estimate of drug-likeness (QED) is 0.699. The fourth-order valence-electron chi connectivity index (χ4n) is 2.36. The average molecular weight is 396 g/mol. The van der Waals surface area contributed by atoms with Crippen LogP contribution in [-0.2, 0) is 4.79 Å². The summed E-state index contributed by atoms with van der Waals surface area (Å²) < 4.78 is 5.79. The highest BCUT2D eigenvalue weighted by Crippen LogP contribution is 2.20. The Morgan fingerprint density at radius 2 is 1.73 bits per heavy atom. The molecule has 2 rings (SSSR count). The van der Waals surface area contributed by atoms with E-state index in [-0.39, 0.29) is 12.5 Å². The molecule has 2 aromatic rings. The smallest absolute Gasteiger partial charge is 0.309 e. The van der Waals surface area contributed by atoms with E-state index < -0.39 is 18.0 Å². The van der Waals surface area contributed by atoms with Gasteiger partial charge in [-0.2, -0.15) is 0 Å². The number of hydrogen-bond donors (Lipinski definition) is 2. The molecule has 1 amide bonds. The van der Waals surface area contributed by atoms with Crippen molar-refractivity contribution in [2.75, 3.05) is 6.54 Å². The first-order chi connectivity index (χ1) is 12.4. The van der Waals surface area contributed by atoms with E-state index in [0.717, 1.165) is 0 Å². The van der Waals surface area contributed by atoms with Crippen molar-refractivity contribution in [1.29, 1.82) is 0 Å². The monoisotopic (exact) mass is 395 g/mol. The molecule has 7 heteroatoms. The van der Waals surface area contributed by atoms with Crippen molar-refractivity contribution in [3.63, 3.8) is 0 Å². The maximum atomic E-state index is 12.2. The van der Waals surface area contributed by atoms with E-state index in [9.17, 15) is 14.7 Å². The van der Waals surface area contributed by atoms with Crippen molar-refractivity contribution in [2.24, 2.45) is 5.92 Å². The Balaban J connectivity index is 1.97. The number of amides is 1. The summed E-state index contributed by atoms with van der Waals surface area (Å²) in [6.07, 6.45) is -0.249. The number of para-hydroxylation sites is 1. The van der Waals surface area contributed by atoms with Crippen LogP contribution in [0.4, 0.5) is 0 Å². The van der Waals surface area contributed by atoms with Gasteiger partial charge in [-0.3, -0.25) is 9.59 Å². The topological polar surface area (TPSA) is 75.6 Å². The fourth-order valence-corrected chi connectivity index (χ4v) is 2.88. The third kappa shape index (κ3) is 5.93. The molecule has 0 aliphatic rings. The van der Waals surface area contributed by atoms with E-state index in [4.69, 9.17) is 27.9 Å². The van der Waals surface area contributed by atoms with Gasteiger partial charge in [0, 0.05) is 28.6 Å². The molecular formula is C19H19Cl2NO4. The van der Waals surface area contributed by atoms with Crippen molar-refractivity contribution < 1.29 is 19.4 Å². The van der Waals surface area contributed by atoms with Gasteiger partial charge in [0.1, 0.15) is 11.9 Å². The summed E-state index contributed by atoms with van der Waals surface area (Å²) in [6.45, 7) is 1.83. The van der Waals surface area contributed by atoms with Crippen molar-refractivity contribution in [2.45, 2.75) is 19.4 Å². The predicted molar refractivity (Wildman–Crippen MR) is 101 cm³/mol. The predicted octanol–water partition coefficient (Wildman–Crippen LogP) is 4.28. The van der Waals surface area contributed by atoms with E-state index in [1.165, 1.54) is 18.2 Å². The Hall–Kier alpha value is -2.24. The highest BCUT2D eigenvalue weighted by molar-refractivity contribution is 6.35. The Bertz CT molecular complexity index is 747. The SMILES string of the molecule is CC(C(=O)O)C(CCNC(=O)c1cc(Cl)cc(Cl)c1)Oc1ccccc1. The second-order valence-electron chi connectivity index (χ2n) is 5.80. The van der Waals surface area contributed by atoms with Gasteiger partial charge in [-0.25, -0.2) is 0 Å². The zero-order chi connectivity index (χ0) is 19.1. The van der Waals surface area contributed by atoms with Gasteiger partial charge in [-0.1, -0.05) is 41.4 Å². The number of nitrogens with one attached hydrogen (secondary N) is 1. The largest absolute Gasteiger partial charge is 0.489 e. The standard InChI is InChI=1S/C19H19Cl2NO4/c1-12(19(24)25)17(26-16-5-3-2-4-6-16)7-8-22-18(23)13-9-14(20)11-15(21)10-13/h2-6,9-12,17H,7-8H2,1H3,(H,22,23)(H,24,25). The summed E-state index contributed by atoms with van der Waals surface area (Å²) in [5.74, 6) is -1.44. The van der Waals surface area contributed by atoms with E-state index in [1.54, 1.807) is 19.1 Å². The lowest BCUT2D eigenvalue weighted by molar-refractivity contribution is -0.144. The molecule has 2 atom stereocenters. The van der Waals surface area contributed by atoms with Crippen LogP contribution in [0, 0.1) is 5.92 Å². The molecule has 0 spiro atoms. The summed E-state index contributed by atoms with van der Waals surface area (Å²) in [5, 5.41) is 12.8. The molecule has 0 heterocycles. The number of benzene rings is 2. The Morgan fingerprint density at radius 3 is 2.31 bits per heavy atom. The number of carbonyl (C=O) groups is 2. The van der Waals surface area contributed by atoms with Gasteiger partial charge in [0.05, 0.1) is 5.92 Å². The van der Waals surface area contributed by atoms with Gasteiger partial charge >= 0.3 is 5.97 Å². The highest BCUT2D eigenvalue weighted by atomic mass is 35.5. The molecule has 0 saturated heterocycles. The molecule has 0 bridgehead atoms. The number of aliphatic carboxylic acids is 1. The maximum Gasteiger partial charge on any atom is 0.309 e. The molecule has 2 aromatic carbocycles. The number of rotatable bonds is 8. The zero-order valence-electron chi connectivity index (χ0n) is 14.1. The lowest BCUT2D eigenvalue weighted by atomic mass is 10.0. The Kier molecular flexibility index (Phi) is 7.30. The molecule has 5 nitrogen and oxygen atoms in total. The summed E-state index contributed by atoms with van der Waals surface area (Å²) in [6, 6.07) is 13.5. The molecule has 2 unspecified atom stereocenters. The first kappa shape index (κ1) is 20.1. The number of carboxylic acids is 1. The van der Waals surface area contributed by atoms with Crippen LogP contribution in [0.25, 0.3) is 0 Å². The van der Waals surface area contributed by atoms with E-state index in [1.807, 2.05) is 18.2 Å². The van der Waals surface area contributed by atoms with Crippen LogP contribution in [0.3, 0.4) is 0 Å². The second kappa shape index (κ2) is 9.46. The molecule has 0 radical (unpaired) electrons. The third-order valence-corrected chi connectivity index (χ3v) is 4.25. The number of halogens is 2. The van der Waals surface area contributed by atoms with E-state index >= 15 is 0 Å². The van der Waals surface area contributed by atoms with Crippen molar-refractivity contribution in [3.05, 3.63) is 64.1 Å². The molecule has 0 fully saturated rings. The van der Waals surface area contributed by atoms with Crippen LogP contribution in [0.1, 0.15) is 23.7 Å². The normalized spacial score (nSPS) is 12.9. The zero-order valence-corrected chi connectivity index (χ0v) is 15.6. The molecule has 0 aliphatic heterocycles. The van der Waals surface area contributed by atoms with Crippen LogP contribution >= 0.6 is 23.2 Å². The minimum atomic E-state index is -0.959. The highest BCUT2D eigenvalue weighted by Gasteiger charge is 2.25. The van der Waals surface area contributed by atoms with Crippen molar-refractivity contribution in [3.8, 4) is 5.75 Å². The number of carbonyl (C=O) groups excluding carboxylic acids is 1. The molecule has 0 saturated carbocycles. The molecular weight excluding hydrogens is 377 g/mol. The summed E-state index contributed by atoms with van der Waals surface area (Å²) in [5.41, 5.74) is 0.342. The summed E-state index contributed by atoms with van der Waals surface area (Å²) >= 11 is 11.8. The van der Waals surface area contributed by atoms with Crippen LogP contribution < -0.4 is 10.1 Å². The maximum absolute atomic E-state index is 12.2. The van der Waals surface area contributed by atoms with Crippen LogP contribution in [0.2, 0.25) is 10.0 Å². The molecule has 2 N–H and O–H groups in total.